The van der Waals surface area contributed by atoms with Crippen molar-refractivity contribution in [2.24, 2.45) is 4.99 Å². The summed E-state index contributed by atoms with van der Waals surface area (Å²) < 4.78 is 13.0. The molecule has 0 bridgehead atoms. The molecule has 0 spiro atoms. The number of aromatic hydroxyl groups is 1. The predicted octanol–water partition coefficient (Wildman–Crippen LogP) is 3.29. The molecule has 0 fully saturated rings. The molecule has 2 heterocycles. The number of hydrogen-bond acceptors (Lipinski definition) is 7. The molecule has 2 aromatic carbocycles. The average molecular weight is 479 g/mol. The fourth-order valence-electron chi connectivity index (χ4n) is 3.84. The van der Waals surface area contributed by atoms with Crippen LogP contribution < -0.4 is 19.6 Å². The first-order chi connectivity index (χ1) is 16.3. The van der Waals surface area contributed by atoms with E-state index in [1.807, 2.05) is 31.2 Å². The average Bonchev–Trinajstić information content (AvgIpc) is 3.09. The number of esters is 1. The lowest BCUT2D eigenvalue weighted by Crippen LogP contribution is -2.40. The fourth-order valence-corrected chi connectivity index (χ4v) is 4.88. The highest BCUT2D eigenvalue weighted by Crippen LogP contribution is 2.32. The minimum absolute atomic E-state index is 0.0776. The quantitative estimate of drug-likeness (QED) is 0.549. The first-order valence-electron chi connectivity index (χ1n) is 11.0. The normalized spacial score (nSPS) is 15.8. The topological polar surface area (TPSA) is 90.1 Å². The van der Waals surface area contributed by atoms with Crippen LogP contribution in [0.3, 0.4) is 0 Å². The number of ether oxygens (including phenoxy) is 2. The summed E-state index contributed by atoms with van der Waals surface area (Å²) in [6.45, 7) is 7.75. The molecule has 1 aliphatic rings. The van der Waals surface area contributed by atoms with E-state index in [0.717, 1.165) is 5.56 Å². The summed E-state index contributed by atoms with van der Waals surface area (Å²) in [7, 11) is 0. The van der Waals surface area contributed by atoms with Gasteiger partial charge in [0.2, 0.25) is 0 Å². The highest BCUT2D eigenvalue weighted by atomic mass is 32.1. The Balaban J connectivity index is 1.92. The summed E-state index contributed by atoms with van der Waals surface area (Å²) in [5, 5.41) is 10.2. The zero-order valence-electron chi connectivity index (χ0n) is 19.4. The Morgan fingerprint density at radius 3 is 2.56 bits per heavy atom. The molecule has 0 saturated carbocycles. The van der Waals surface area contributed by atoms with Gasteiger partial charge in [-0.3, -0.25) is 9.36 Å². The van der Waals surface area contributed by atoms with Crippen LogP contribution >= 0.6 is 11.3 Å². The van der Waals surface area contributed by atoms with E-state index in [0.29, 0.717) is 38.5 Å². The number of phenols is 1. The van der Waals surface area contributed by atoms with Crippen molar-refractivity contribution in [3.63, 3.8) is 0 Å². The van der Waals surface area contributed by atoms with E-state index in [4.69, 9.17) is 9.47 Å². The largest absolute Gasteiger partial charge is 0.507 e. The molecule has 7 nitrogen and oxygen atoms in total. The smallest absolute Gasteiger partial charge is 0.338 e. The van der Waals surface area contributed by atoms with Crippen LogP contribution in [0.1, 0.15) is 44.9 Å². The summed E-state index contributed by atoms with van der Waals surface area (Å²) in [5.74, 6) is 0.268. The number of rotatable bonds is 6. The molecule has 1 aromatic heterocycles. The number of aromatic nitrogens is 1. The fraction of sp³-hybridized carbons (Fsp3) is 0.269. The summed E-state index contributed by atoms with van der Waals surface area (Å²) in [6.07, 6.45) is 1.32. The van der Waals surface area contributed by atoms with E-state index in [1.165, 1.54) is 15.9 Å². The van der Waals surface area contributed by atoms with Crippen LogP contribution in [0.15, 0.2) is 69.6 Å². The molecule has 0 aliphatic carbocycles. The van der Waals surface area contributed by atoms with Crippen molar-refractivity contribution >= 4 is 23.4 Å². The standard InChI is InChI=1S/C26H26N2O5S/c1-5-32-19-12-10-17(11-13-19)23-22(25(31)33-15(2)3)16(4)27-26-28(23)24(30)21(34-26)14-18-8-6-7-9-20(18)29/h6-15,23,29H,5H2,1-4H3/b21-14+/t23-/m0/s1. The van der Waals surface area contributed by atoms with Gasteiger partial charge in [-0.15, -0.1) is 0 Å². The molecule has 0 radical (unpaired) electrons. The van der Waals surface area contributed by atoms with Crippen molar-refractivity contribution in [2.75, 3.05) is 6.61 Å². The van der Waals surface area contributed by atoms with Crippen LogP contribution in [0.5, 0.6) is 11.5 Å². The van der Waals surface area contributed by atoms with Crippen LogP contribution in [-0.4, -0.2) is 28.4 Å². The molecule has 1 aliphatic heterocycles. The Kier molecular flexibility index (Phi) is 6.70. The molecular formula is C26H26N2O5S. The second kappa shape index (κ2) is 9.69. The predicted molar refractivity (Wildman–Crippen MR) is 131 cm³/mol. The molecule has 176 valence electrons. The summed E-state index contributed by atoms with van der Waals surface area (Å²) in [6, 6.07) is 13.4. The van der Waals surface area contributed by atoms with Gasteiger partial charge >= 0.3 is 5.97 Å². The van der Waals surface area contributed by atoms with Crippen molar-refractivity contribution in [3.8, 4) is 11.5 Å². The van der Waals surface area contributed by atoms with E-state index in [-0.39, 0.29) is 17.4 Å². The second-order valence-electron chi connectivity index (χ2n) is 8.10. The Hall–Kier alpha value is -3.65. The minimum atomic E-state index is -0.704. The summed E-state index contributed by atoms with van der Waals surface area (Å²) in [5.41, 5.74) is 1.79. The van der Waals surface area contributed by atoms with E-state index < -0.39 is 12.0 Å². The molecule has 0 amide bonds. The Morgan fingerprint density at radius 1 is 1.21 bits per heavy atom. The molecule has 1 N–H and O–H groups in total. The van der Waals surface area contributed by atoms with Gasteiger partial charge in [0.15, 0.2) is 4.80 Å². The van der Waals surface area contributed by atoms with Crippen molar-refractivity contribution in [1.29, 1.82) is 0 Å². The molecule has 4 rings (SSSR count). The summed E-state index contributed by atoms with van der Waals surface area (Å²) >= 11 is 1.21. The Bertz CT molecular complexity index is 1430. The molecule has 3 aromatic rings. The van der Waals surface area contributed by atoms with Crippen LogP contribution in [0.25, 0.3) is 6.08 Å². The second-order valence-corrected chi connectivity index (χ2v) is 9.11. The number of fused-ring (bicyclic) bond motifs is 1. The van der Waals surface area contributed by atoms with Crippen LogP contribution in [0.4, 0.5) is 0 Å². The van der Waals surface area contributed by atoms with Gasteiger partial charge in [-0.25, -0.2) is 9.79 Å². The number of phenolic OH excluding ortho intramolecular Hbond substituents is 1. The minimum Gasteiger partial charge on any atom is -0.507 e. The number of thiazole rings is 1. The number of hydrogen-bond donors (Lipinski definition) is 1. The lowest BCUT2D eigenvalue weighted by molar-refractivity contribution is -0.143. The maximum Gasteiger partial charge on any atom is 0.338 e. The molecule has 0 unspecified atom stereocenters. The van der Waals surface area contributed by atoms with Crippen LogP contribution in [0.2, 0.25) is 0 Å². The van der Waals surface area contributed by atoms with Gasteiger partial charge in [-0.2, -0.15) is 0 Å². The van der Waals surface area contributed by atoms with Gasteiger partial charge in [0, 0.05) is 5.56 Å². The number of nitrogens with zero attached hydrogens (tertiary/aromatic N) is 2. The lowest BCUT2D eigenvalue weighted by atomic mass is 9.96. The van der Waals surface area contributed by atoms with E-state index >= 15 is 0 Å². The lowest BCUT2D eigenvalue weighted by Gasteiger charge is -2.25. The van der Waals surface area contributed by atoms with Crippen LogP contribution in [0, 0.1) is 0 Å². The number of allylic oxidation sites excluding steroid dienone is 1. The first kappa shape index (κ1) is 23.5. The number of carbonyl (C=O) groups excluding carboxylic acids is 1. The van der Waals surface area contributed by atoms with E-state index in [2.05, 4.69) is 4.99 Å². The number of benzene rings is 2. The van der Waals surface area contributed by atoms with Gasteiger partial charge in [-0.1, -0.05) is 41.7 Å². The van der Waals surface area contributed by atoms with Gasteiger partial charge in [0.1, 0.15) is 11.5 Å². The molecule has 1 atom stereocenters. The first-order valence-corrected chi connectivity index (χ1v) is 11.9. The van der Waals surface area contributed by atoms with Gasteiger partial charge in [0.05, 0.1) is 34.6 Å². The maximum atomic E-state index is 13.6. The van der Waals surface area contributed by atoms with Crippen molar-refractivity contribution in [3.05, 3.63) is 90.6 Å². The SMILES string of the molecule is CCOc1ccc([C@H]2C(C(=O)OC(C)C)=C(C)N=c3s/c(=C/c4ccccc4O)c(=O)n32)cc1. The Morgan fingerprint density at radius 2 is 1.91 bits per heavy atom. The summed E-state index contributed by atoms with van der Waals surface area (Å²) in [4.78, 5) is 31.8. The monoisotopic (exact) mass is 478 g/mol. The van der Waals surface area contributed by atoms with E-state index in [1.54, 1.807) is 51.1 Å². The van der Waals surface area contributed by atoms with Crippen molar-refractivity contribution < 1.29 is 19.4 Å². The molecule has 8 heteroatoms. The highest BCUT2D eigenvalue weighted by Gasteiger charge is 2.33. The maximum absolute atomic E-state index is 13.6. The highest BCUT2D eigenvalue weighted by molar-refractivity contribution is 7.07. The Labute approximate surface area is 200 Å². The van der Waals surface area contributed by atoms with Gasteiger partial charge in [0.25, 0.3) is 5.56 Å². The third-order valence-corrected chi connectivity index (χ3v) is 6.30. The third-order valence-electron chi connectivity index (χ3n) is 5.31. The van der Waals surface area contributed by atoms with Gasteiger partial charge < -0.3 is 14.6 Å². The zero-order valence-corrected chi connectivity index (χ0v) is 20.3. The zero-order chi connectivity index (χ0) is 24.4. The van der Waals surface area contributed by atoms with Gasteiger partial charge in [-0.05, 0) is 57.5 Å². The van der Waals surface area contributed by atoms with Crippen molar-refractivity contribution in [1.82, 2.24) is 4.57 Å². The number of carbonyl (C=O) groups is 1. The van der Waals surface area contributed by atoms with Crippen LogP contribution in [-0.2, 0) is 9.53 Å². The molecule has 34 heavy (non-hydrogen) atoms. The van der Waals surface area contributed by atoms with Crippen molar-refractivity contribution in [2.45, 2.75) is 39.8 Å². The number of para-hydroxylation sites is 1. The molecule has 0 saturated heterocycles. The molecular weight excluding hydrogens is 452 g/mol. The third kappa shape index (κ3) is 4.54. The van der Waals surface area contributed by atoms with E-state index in [9.17, 15) is 14.7 Å².